The van der Waals surface area contributed by atoms with Crippen molar-refractivity contribution in [1.82, 2.24) is 0 Å². The third-order valence-corrected chi connectivity index (χ3v) is 20.1. The SMILES string of the molecule is Clc1cc2c3c(c1)N(c1ccccc1)c1cc4c(cc1B3c1cc3c(cc1N2c1ccccc1)Oc1cc(N(c2ccccc2)c2ccccc2)cc2c1B3c1ccccc1O2)B1c2ccccc2Oc2cc(N(c3ccccc3)c3ccccc3)cc(c21)N4c1ccccc1. The highest BCUT2D eigenvalue weighted by molar-refractivity contribution is 7.04. The summed E-state index contributed by atoms with van der Waals surface area (Å²) in [7, 11) is 0. The number of hydrogen-bond donors (Lipinski definition) is 0. The Balaban J connectivity index is 0.856. The van der Waals surface area contributed by atoms with Gasteiger partial charge in [-0.1, -0.05) is 188 Å². The largest absolute Gasteiger partial charge is 0.458 e. The van der Waals surface area contributed by atoms with Crippen LogP contribution >= 0.6 is 11.6 Å². The quantitative estimate of drug-likeness (QED) is 0.133. The van der Waals surface area contributed by atoms with Gasteiger partial charge in [-0.3, -0.25) is 0 Å². The molecule has 0 fully saturated rings. The first-order valence-corrected chi connectivity index (χ1v) is 33.0. The second-order valence-electron chi connectivity index (χ2n) is 25.2. The molecule has 0 atom stereocenters. The molecule has 0 saturated heterocycles. The Kier molecular flexibility index (Phi) is 12.2. The van der Waals surface area contributed by atoms with E-state index in [1.54, 1.807) is 0 Å². The molecule has 0 spiro atoms. The number of nitrogens with zero attached hydrogens (tertiary/aromatic N) is 5. The number of halogens is 1. The predicted molar refractivity (Wildman–Crippen MR) is 398 cm³/mol. The number of hydrogen-bond acceptors (Lipinski definition) is 8. The lowest BCUT2D eigenvalue weighted by atomic mass is 9.29. The normalized spacial score (nSPS) is 13.4. The summed E-state index contributed by atoms with van der Waals surface area (Å²) in [6.07, 6.45) is 0. The first-order valence-electron chi connectivity index (χ1n) is 32.7. The summed E-state index contributed by atoms with van der Waals surface area (Å²) in [6.45, 7) is -0.789. The van der Waals surface area contributed by atoms with Gasteiger partial charge in [0, 0.05) is 109 Å². The molecule has 0 saturated carbocycles. The van der Waals surface area contributed by atoms with Gasteiger partial charge in [-0.2, -0.15) is 0 Å². The molecule has 0 aromatic heterocycles. The Morgan fingerprint density at radius 2 is 0.552 bits per heavy atom. The molecule has 6 aliphatic rings. The number of fused-ring (bicyclic) bond motifs is 12. The molecular formula is C84H53B3ClN5O3. The van der Waals surface area contributed by atoms with Crippen LogP contribution in [0.5, 0.6) is 34.5 Å². The molecule has 6 heterocycles. The van der Waals surface area contributed by atoms with Gasteiger partial charge in [-0.05, 0) is 165 Å². The predicted octanol–water partition coefficient (Wildman–Crippen LogP) is 16.5. The number of ether oxygens (including phenoxy) is 3. The van der Waals surface area contributed by atoms with E-state index < -0.39 is 0 Å². The molecule has 0 N–H and O–H groups in total. The van der Waals surface area contributed by atoms with Crippen molar-refractivity contribution in [1.29, 1.82) is 0 Å². The van der Waals surface area contributed by atoms with E-state index >= 15 is 0 Å². The summed E-state index contributed by atoms with van der Waals surface area (Å²) in [5.41, 5.74) is 25.2. The second kappa shape index (κ2) is 21.5. The van der Waals surface area contributed by atoms with E-state index in [1.165, 1.54) is 5.46 Å². The fourth-order valence-corrected chi connectivity index (χ4v) is 16.3. The van der Waals surface area contributed by atoms with E-state index in [-0.39, 0.29) is 20.1 Å². The Bertz CT molecular complexity index is 5390. The lowest BCUT2D eigenvalue weighted by molar-refractivity contribution is 0.465. The van der Waals surface area contributed by atoms with Crippen LogP contribution in [-0.4, -0.2) is 20.1 Å². The van der Waals surface area contributed by atoms with E-state index in [0.717, 1.165) is 164 Å². The fraction of sp³-hybridized carbons (Fsp3) is 0. The summed E-state index contributed by atoms with van der Waals surface area (Å²) < 4.78 is 21.9. The van der Waals surface area contributed by atoms with Crippen LogP contribution < -0.4 is 87.9 Å². The van der Waals surface area contributed by atoms with E-state index in [1.807, 2.05) is 0 Å². The van der Waals surface area contributed by atoms with E-state index in [4.69, 9.17) is 25.8 Å². The Labute approximate surface area is 562 Å². The van der Waals surface area contributed by atoms with Crippen LogP contribution in [0.4, 0.5) is 85.3 Å². The van der Waals surface area contributed by atoms with Crippen LogP contribution in [0, 0.1) is 0 Å². The van der Waals surface area contributed by atoms with Crippen LogP contribution in [0.15, 0.2) is 322 Å². The van der Waals surface area contributed by atoms with Gasteiger partial charge in [-0.25, -0.2) is 0 Å². The van der Waals surface area contributed by atoms with Gasteiger partial charge >= 0.3 is 0 Å². The minimum absolute atomic E-state index is 0.230. The van der Waals surface area contributed by atoms with Crippen LogP contribution in [0.2, 0.25) is 5.02 Å². The number of anilines is 15. The third kappa shape index (κ3) is 8.33. The average molecular weight is 1250 g/mol. The zero-order chi connectivity index (χ0) is 63.1. The van der Waals surface area contributed by atoms with Crippen molar-refractivity contribution in [2.45, 2.75) is 0 Å². The van der Waals surface area contributed by atoms with Crippen molar-refractivity contribution in [3.05, 3.63) is 327 Å². The minimum Gasteiger partial charge on any atom is -0.458 e. The average Bonchev–Trinajstić information content (AvgIpc) is 0.687. The maximum absolute atomic E-state index is 7.69. The Hall–Kier alpha value is -12.0. The van der Waals surface area contributed by atoms with Gasteiger partial charge in [0.15, 0.2) is 0 Å². The van der Waals surface area contributed by atoms with Crippen LogP contribution in [0.25, 0.3) is 0 Å². The molecule has 8 nitrogen and oxygen atoms in total. The first-order chi connectivity index (χ1) is 47.5. The maximum atomic E-state index is 7.69. The summed E-state index contributed by atoms with van der Waals surface area (Å²) >= 11 is 7.69. The standard InChI is InChI=1S/C84H53B3ClN5O3/c88-54-44-73-82-74(45-54)93(61-38-20-7-21-39-61)72-53-78-69(86-65-41-23-25-43-77(65)95-80-48-63(49-81(96-78)84(80)86)90(57-30-12-3-13-31-57)58-32-14-4-15-33-58)51-68(72)87(82)67-50-66-70(52-71(67)91(73)59-34-16-5-17-35-59)92(60-36-18-6-19-37-60)75-46-62(47-79-83(75)85(66)64-40-22-24-42-76(64)94-79)89(55-26-8-1-9-27-55)56-28-10-2-11-29-56/h1-53H. The summed E-state index contributed by atoms with van der Waals surface area (Å²) in [5.74, 6) is 4.73. The van der Waals surface area contributed by atoms with Crippen molar-refractivity contribution < 1.29 is 14.2 Å². The highest BCUT2D eigenvalue weighted by Crippen LogP contribution is 2.52. The molecule has 14 aromatic carbocycles. The molecule has 0 amide bonds. The Morgan fingerprint density at radius 1 is 0.229 bits per heavy atom. The van der Waals surface area contributed by atoms with Gasteiger partial charge in [0.1, 0.15) is 34.5 Å². The molecular weight excluding hydrogens is 1190 g/mol. The zero-order valence-electron chi connectivity index (χ0n) is 51.7. The molecule has 12 heteroatoms. The van der Waals surface area contributed by atoms with Gasteiger partial charge in [0.25, 0.3) is 20.1 Å². The number of rotatable bonds is 9. The van der Waals surface area contributed by atoms with Crippen LogP contribution in [-0.2, 0) is 0 Å². The van der Waals surface area contributed by atoms with E-state index in [2.05, 4.69) is 346 Å². The smallest absolute Gasteiger partial charge is 0.260 e. The van der Waals surface area contributed by atoms with Crippen molar-refractivity contribution in [2.24, 2.45) is 0 Å². The minimum atomic E-state index is -0.315. The van der Waals surface area contributed by atoms with Gasteiger partial charge < -0.3 is 38.7 Å². The Morgan fingerprint density at radius 3 is 0.990 bits per heavy atom. The van der Waals surface area contributed by atoms with Crippen molar-refractivity contribution in [3.63, 3.8) is 0 Å². The zero-order valence-corrected chi connectivity index (χ0v) is 52.4. The van der Waals surface area contributed by atoms with Crippen molar-refractivity contribution in [3.8, 4) is 34.5 Å². The molecule has 0 bridgehead atoms. The molecule has 448 valence electrons. The maximum Gasteiger partial charge on any atom is 0.260 e. The second-order valence-corrected chi connectivity index (χ2v) is 25.7. The molecule has 6 aliphatic heterocycles. The number of para-hydroxylation sites is 9. The lowest BCUT2D eigenvalue weighted by Crippen LogP contribution is -2.65. The van der Waals surface area contributed by atoms with Crippen LogP contribution in [0.1, 0.15) is 0 Å². The monoisotopic (exact) mass is 1250 g/mol. The molecule has 0 radical (unpaired) electrons. The third-order valence-electron chi connectivity index (χ3n) is 19.9. The fourth-order valence-electron chi connectivity index (χ4n) is 16.1. The van der Waals surface area contributed by atoms with Gasteiger partial charge in [0.2, 0.25) is 0 Å². The topological polar surface area (TPSA) is 43.9 Å². The van der Waals surface area contributed by atoms with Crippen molar-refractivity contribution >= 4 is 166 Å². The number of benzene rings is 14. The van der Waals surface area contributed by atoms with Gasteiger partial charge in [-0.15, -0.1) is 0 Å². The first kappa shape index (κ1) is 54.5. The summed E-state index contributed by atoms with van der Waals surface area (Å²) in [6, 6.07) is 115. The lowest BCUT2D eigenvalue weighted by Gasteiger charge is -2.46. The molecule has 0 aliphatic carbocycles. The van der Waals surface area contributed by atoms with Crippen LogP contribution in [0.3, 0.4) is 0 Å². The molecule has 20 rings (SSSR count). The van der Waals surface area contributed by atoms with Crippen molar-refractivity contribution in [2.75, 3.05) is 24.5 Å². The summed E-state index contributed by atoms with van der Waals surface area (Å²) in [5, 5.41) is 0.623. The molecule has 96 heavy (non-hydrogen) atoms. The molecule has 14 aromatic rings. The summed E-state index contributed by atoms with van der Waals surface area (Å²) in [4.78, 5) is 12.0. The van der Waals surface area contributed by atoms with Gasteiger partial charge in [0.05, 0.1) is 11.4 Å². The highest BCUT2D eigenvalue weighted by atomic mass is 35.5. The van der Waals surface area contributed by atoms with E-state index in [0.29, 0.717) is 5.02 Å². The highest BCUT2D eigenvalue weighted by Gasteiger charge is 2.50. The molecule has 0 unspecified atom stereocenters. The van der Waals surface area contributed by atoms with E-state index in [9.17, 15) is 0 Å².